The average molecular weight is 371 g/mol. The molecule has 2 aliphatic rings. The molecule has 1 N–H and O–H groups in total. The maximum atomic E-state index is 13.2. The van der Waals surface area contributed by atoms with E-state index in [0.29, 0.717) is 32.8 Å². The summed E-state index contributed by atoms with van der Waals surface area (Å²) in [5.74, 6) is -1.91. The first-order valence-electron chi connectivity index (χ1n) is 8.06. The smallest absolute Gasteiger partial charge is 0.313 e. The minimum atomic E-state index is -0.976. The maximum Gasteiger partial charge on any atom is 0.313 e. The van der Waals surface area contributed by atoms with Crippen LogP contribution in [0.1, 0.15) is 10.4 Å². The van der Waals surface area contributed by atoms with Crippen molar-refractivity contribution in [2.75, 3.05) is 46.4 Å². The molecule has 6 nitrogen and oxygen atoms in total. The molecule has 0 unspecified atom stereocenters. The predicted molar refractivity (Wildman–Crippen MR) is 89.2 cm³/mol. The molecule has 0 bridgehead atoms. The second-order valence-electron chi connectivity index (χ2n) is 6.70. The third-order valence-corrected chi connectivity index (χ3v) is 5.48. The summed E-state index contributed by atoms with van der Waals surface area (Å²) in [4.78, 5) is 28.3. The second kappa shape index (κ2) is 6.90. The fraction of sp³-hybridized carbons (Fsp3) is 0.529. The number of ether oxygens (including phenoxy) is 1. The van der Waals surface area contributed by atoms with Crippen LogP contribution in [0, 0.1) is 17.2 Å². The SMILES string of the molecule is COCCN1C[C@H]2CN(C(=O)c3ccc(F)cc3Cl)C[C@@]2(C(=O)O)C1. The van der Waals surface area contributed by atoms with Crippen LogP contribution in [0.25, 0.3) is 0 Å². The summed E-state index contributed by atoms with van der Waals surface area (Å²) >= 11 is 5.98. The van der Waals surface area contributed by atoms with Crippen molar-refractivity contribution in [3.05, 3.63) is 34.6 Å². The molecular weight excluding hydrogens is 351 g/mol. The van der Waals surface area contributed by atoms with Crippen LogP contribution in [-0.4, -0.2) is 73.2 Å². The zero-order valence-corrected chi connectivity index (χ0v) is 14.6. The average Bonchev–Trinajstić information content (AvgIpc) is 3.07. The normalized spacial score (nSPS) is 26.0. The summed E-state index contributed by atoms with van der Waals surface area (Å²) in [6.07, 6.45) is 0. The number of rotatable bonds is 5. The summed E-state index contributed by atoms with van der Waals surface area (Å²) in [7, 11) is 1.61. The Hall–Kier alpha value is -1.70. The highest BCUT2D eigenvalue weighted by Gasteiger charge is 2.58. The number of hydrogen-bond acceptors (Lipinski definition) is 4. The first kappa shape index (κ1) is 18.1. The molecule has 2 aliphatic heterocycles. The standard InChI is InChI=1S/C17H20ClFN2O4/c1-25-5-4-20-7-11-8-21(10-17(11,9-20)16(23)24)15(22)13-3-2-12(19)6-14(13)18/h2-3,6,11H,4-5,7-10H2,1H3,(H,23,24)/t11-,17-/m0/s1. The lowest BCUT2D eigenvalue weighted by Crippen LogP contribution is -2.42. The highest BCUT2D eigenvalue weighted by molar-refractivity contribution is 6.33. The Kier molecular flexibility index (Phi) is 4.99. The molecule has 1 aromatic carbocycles. The third kappa shape index (κ3) is 3.23. The van der Waals surface area contributed by atoms with Crippen molar-refractivity contribution >= 4 is 23.5 Å². The number of likely N-dealkylation sites (tertiary alicyclic amines) is 2. The summed E-state index contributed by atoms with van der Waals surface area (Å²) in [5, 5.41) is 9.84. The number of hydrogen-bond donors (Lipinski definition) is 1. The summed E-state index contributed by atoms with van der Waals surface area (Å²) < 4.78 is 18.2. The Morgan fingerprint density at radius 2 is 2.16 bits per heavy atom. The zero-order chi connectivity index (χ0) is 18.2. The van der Waals surface area contributed by atoms with Crippen LogP contribution in [-0.2, 0) is 9.53 Å². The molecular formula is C17H20ClFN2O4. The van der Waals surface area contributed by atoms with E-state index >= 15 is 0 Å². The molecule has 1 amide bonds. The maximum absolute atomic E-state index is 13.2. The Morgan fingerprint density at radius 3 is 2.76 bits per heavy atom. The minimum Gasteiger partial charge on any atom is -0.481 e. The van der Waals surface area contributed by atoms with Gasteiger partial charge in [-0.05, 0) is 18.2 Å². The van der Waals surface area contributed by atoms with Gasteiger partial charge < -0.3 is 14.7 Å². The number of carbonyl (C=O) groups is 2. The Balaban J connectivity index is 1.78. The lowest BCUT2D eigenvalue weighted by atomic mass is 9.81. The Morgan fingerprint density at radius 1 is 1.40 bits per heavy atom. The van der Waals surface area contributed by atoms with Gasteiger partial charge in [-0.2, -0.15) is 0 Å². The molecule has 2 saturated heterocycles. The summed E-state index contributed by atoms with van der Waals surface area (Å²) in [5.41, 5.74) is -0.782. The number of nitrogens with zero attached hydrogens (tertiary/aromatic N) is 2. The molecule has 2 heterocycles. The first-order valence-corrected chi connectivity index (χ1v) is 8.44. The van der Waals surface area contributed by atoms with E-state index < -0.39 is 17.2 Å². The van der Waals surface area contributed by atoms with Gasteiger partial charge >= 0.3 is 5.97 Å². The molecule has 136 valence electrons. The second-order valence-corrected chi connectivity index (χ2v) is 7.10. The Bertz CT molecular complexity index is 701. The highest BCUT2D eigenvalue weighted by Crippen LogP contribution is 2.43. The van der Waals surface area contributed by atoms with Crippen LogP contribution in [0.5, 0.6) is 0 Å². The van der Waals surface area contributed by atoms with Gasteiger partial charge in [-0.25, -0.2) is 4.39 Å². The molecule has 25 heavy (non-hydrogen) atoms. The van der Waals surface area contributed by atoms with E-state index in [0.717, 1.165) is 6.07 Å². The topological polar surface area (TPSA) is 70.1 Å². The van der Waals surface area contributed by atoms with E-state index in [1.807, 2.05) is 0 Å². The van der Waals surface area contributed by atoms with Crippen LogP contribution in [0.15, 0.2) is 18.2 Å². The number of halogens is 2. The molecule has 0 spiro atoms. The number of amides is 1. The quantitative estimate of drug-likeness (QED) is 0.852. The number of methoxy groups -OCH3 is 1. The van der Waals surface area contributed by atoms with E-state index in [2.05, 4.69) is 4.90 Å². The number of carboxylic acids is 1. The van der Waals surface area contributed by atoms with Crippen molar-refractivity contribution < 1.29 is 23.8 Å². The fourth-order valence-electron chi connectivity index (χ4n) is 3.85. The van der Waals surface area contributed by atoms with Gasteiger partial charge in [-0.15, -0.1) is 0 Å². The lowest BCUT2D eigenvalue weighted by Gasteiger charge is -2.25. The number of benzene rings is 1. The van der Waals surface area contributed by atoms with Crippen molar-refractivity contribution in [3.8, 4) is 0 Å². The highest BCUT2D eigenvalue weighted by atomic mass is 35.5. The summed E-state index contributed by atoms with van der Waals surface area (Å²) in [6.45, 7) is 2.68. The molecule has 2 fully saturated rings. The van der Waals surface area contributed by atoms with Crippen LogP contribution in [0.2, 0.25) is 5.02 Å². The molecule has 1 aromatic rings. The van der Waals surface area contributed by atoms with Crippen molar-refractivity contribution in [2.45, 2.75) is 0 Å². The van der Waals surface area contributed by atoms with Gasteiger partial charge in [0.2, 0.25) is 0 Å². The van der Waals surface area contributed by atoms with Crippen LogP contribution < -0.4 is 0 Å². The largest absolute Gasteiger partial charge is 0.481 e. The lowest BCUT2D eigenvalue weighted by molar-refractivity contribution is -0.148. The van der Waals surface area contributed by atoms with Gasteiger partial charge in [0, 0.05) is 45.8 Å². The number of carboxylic acid groups (broad SMARTS) is 1. The molecule has 0 aliphatic carbocycles. The Labute approximate surface area is 150 Å². The van der Waals surface area contributed by atoms with Crippen molar-refractivity contribution in [2.24, 2.45) is 11.3 Å². The first-order chi connectivity index (χ1) is 11.9. The van der Waals surface area contributed by atoms with E-state index in [1.54, 1.807) is 7.11 Å². The van der Waals surface area contributed by atoms with E-state index in [-0.39, 0.29) is 29.0 Å². The van der Waals surface area contributed by atoms with Gasteiger partial charge in [0.25, 0.3) is 5.91 Å². The molecule has 3 rings (SSSR count). The molecule has 2 atom stereocenters. The number of aliphatic carboxylic acids is 1. The van der Waals surface area contributed by atoms with Crippen LogP contribution in [0.4, 0.5) is 4.39 Å². The van der Waals surface area contributed by atoms with E-state index in [1.165, 1.54) is 17.0 Å². The van der Waals surface area contributed by atoms with Crippen LogP contribution >= 0.6 is 11.6 Å². The van der Waals surface area contributed by atoms with Gasteiger partial charge in [0.15, 0.2) is 0 Å². The van der Waals surface area contributed by atoms with E-state index in [4.69, 9.17) is 16.3 Å². The van der Waals surface area contributed by atoms with Gasteiger partial charge in [-0.1, -0.05) is 11.6 Å². The molecule has 0 aromatic heterocycles. The zero-order valence-electron chi connectivity index (χ0n) is 13.9. The minimum absolute atomic E-state index is 0.0353. The van der Waals surface area contributed by atoms with Crippen molar-refractivity contribution in [3.63, 3.8) is 0 Å². The van der Waals surface area contributed by atoms with Crippen molar-refractivity contribution in [1.82, 2.24) is 9.80 Å². The van der Waals surface area contributed by atoms with Crippen molar-refractivity contribution in [1.29, 1.82) is 0 Å². The molecule has 0 radical (unpaired) electrons. The van der Waals surface area contributed by atoms with E-state index in [9.17, 15) is 19.1 Å². The molecule has 0 saturated carbocycles. The fourth-order valence-corrected chi connectivity index (χ4v) is 4.10. The van der Waals surface area contributed by atoms with Gasteiger partial charge in [-0.3, -0.25) is 14.5 Å². The summed E-state index contributed by atoms with van der Waals surface area (Å²) in [6, 6.07) is 3.60. The van der Waals surface area contributed by atoms with Gasteiger partial charge in [0.05, 0.1) is 17.2 Å². The predicted octanol–water partition coefficient (Wildman–Crippen LogP) is 1.58. The van der Waals surface area contributed by atoms with Crippen LogP contribution in [0.3, 0.4) is 0 Å². The number of carbonyl (C=O) groups excluding carboxylic acids is 1. The number of fused-ring (bicyclic) bond motifs is 1. The third-order valence-electron chi connectivity index (χ3n) is 5.17. The molecule has 8 heteroatoms. The monoisotopic (exact) mass is 370 g/mol. The van der Waals surface area contributed by atoms with Gasteiger partial charge in [0.1, 0.15) is 11.2 Å².